The number of thiazole rings is 1. The van der Waals surface area contributed by atoms with Gasteiger partial charge < -0.3 is 16.0 Å². The second kappa shape index (κ2) is 4.67. The zero-order valence-electron chi connectivity index (χ0n) is 8.16. The summed E-state index contributed by atoms with van der Waals surface area (Å²) in [5.74, 6) is 0. The fraction of sp³-hybridized carbons (Fsp3) is 0.111. The molecule has 2 aromatic heterocycles. The molecule has 2 rings (SSSR count). The lowest BCUT2D eigenvalue weighted by molar-refractivity contribution is 1.06. The van der Waals surface area contributed by atoms with E-state index >= 15 is 0 Å². The maximum Gasteiger partial charge on any atom is 0.304 e. The van der Waals surface area contributed by atoms with E-state index in [1.807, 2.05) is 0 Å². The van der Waals surface area contributed by atoms with Gasteiger partial charge in [-0.05, 0) is 15.9 Å². The summed E-state index contributed by atoms with van der Waals surface area (Å²) in [5, 5.41) is 4.91. The molecule has 2 aromatic rings. The van der Waals surface area contributed by atoms with Gasteiger partial charge in [-0.15, -0.1) is 0 Å². The molecule has 0 saturated carbocycles. The van der Waals surface area contributed by atoms with E-state index in [4.69, 9.17) is 5.73 Å². The van der Waals surface area contributed by atoms with Crippen LogP contribution in [0.5, 0.6) is 0 Å². The van der Waals surface area contributed by atoms with Gasteiger partial charge in [0.2, 0.25) is 0 Å². The quantitative estimate of drug-likeness (QED) is 0.807. The standard InChI is InChI=1S/C9H9BrN4OS/c10-6-2-12-3-7(11)8(6)13-1-5-4-16-9(15)14-5/h2-4H,1,11H2,(H,12,13)(H,14,15). The van der Waals surface area contributed by atoms with Crippen LogP contribution < -0.4 is 15.9 Å². The molecule has 0 aliphatic rings. The molecule has 0 saturated heterocycles. The van der Waals surface area contributed by atoms with Gasteiger partial charge in [0, 0.05) is 17.3 Å². The van der Waals surface area contributed by atoms with Gasteiger partial charge in [-0.2, -0.15) is 0 Å². The third kappa shape index (κ3) is 2.42. The normalized spacial score (nSPS) is 10.3. The van der Waals surface area contributed by atoms with Crippen LogP contribution in [0.3, 0.4) is 0 Å². The number of aromatic nitrogens is 2. The van der Waals surface area contributed by atoms with Crippen LogP contribution in [0.15, 0.2) is 27.0 Å². The monoisotopic (exact) mass is 300 g/mol. The van der Waals surface area contributed by atoms with Gasteiger partial charge >= 0.3 is 4.87 Å². The van der Waals surface area contributed by atoms with Crippen LogP contribution in [0.4, 0.5) is 11.4 Å². The van der Waals surface area contributed by atoms with Crippen LogP contribution in [0, 0.1) is 0 Å². The molecule has 84 valence electrons. The second-order valence-electron chi connectivity index (χ2n) is 3.11. The summed E-state index contributed by atoms with van der Waals surface area (Å²) in [6.45, 7) is 0.519. The topological polar surface area (TPSA) is 83.8 Å². The number of hydrogen-bond acceptors (Lipinski definition) is 5. The van der Waals surface area contributed by atoms with Crippen molar-refractivity contribution in [2.75, 3.05) is 11.1 Å². The molecule has 0 unspecified atom stereocenters. The van der Waals surface area contributed by atoms with Crippen molar-refractivity contribution in [1.82, 2.24) is 9.97 Å². The number of nitrogen functional groups attached to an aromatic ring is 1. The minimum absolute atomic E-state index is 0.0569. The number of aromatic amines is 1. The van der Waals surface area contributed by atoms with E-state index in [-0.39, 0.29) is 4.87 Å². The highest BCUT2D eigenvalue weighted by atomic mass is 79.9. The predicted octanol–water partition coefficient (Wildman–Crippen LogP) is 1.79. The fourth-order valence-corrected chi connectivity index (χ4v) is 2.29. The van der Waals surface area contributed by atoms with Crippen LogP contribution >= 0.6 is 27.3 Å². The molecule has 0 radical (unpaired) electrons. The third-order valence-electron chi connectivity index (χ3n) is 1.96. The number of nitrogens with zero attached hydrogens (tertiary/aromatic N) is 1. The van der Waals surface area contributed by atoms with Crippen molar-refractivity contribution in [1.29, 1.82) is 0 Å². The highest BCUT2D eigenvalue weighted by molar-refractivity contribution is 9.10. The zero-order valence-corrected chi connectivity index (χ0v) is 10.6. The van der Waals surface area contributed by atoms with E-state index in [0.29, 0.717) is 12.2 Å². The van der Waals surface area contributed by atoms with Crippen LogP contribution in [0.2, 0.25) is 0 Å². The largest absolute Gasteiger partial charge is 0.396 e. The molecular weight excluding hydrogens is 292 g/mol. The van der Waals surface area contributed by atoms with Crippen molar-refractivity contribution in [3.8, 4) is 0 Å². The van der Waals surface area contributed by atoms with E-state index in [1.54, 1.807) is 17.8 Å². The number of nitrogens with two attached hydrogens (primary N) is 1. The maximum absolute atomic E-state index is 10.9. The van der Waals surface area contributed by atoms with Crippen molar-refractivity contribution >= 4 is 38.6 Å². The van der Waals surface area contributed by atoms with Crippen molar-refractivity contribution in [2.24, 2.45) is 0 Å². The molecule has 0 bridgehead atoms. The van der Waals surface area contributed by atoms with E-state index in [2.05, 4.69) is 31.2 Å². The Morgan fingerprint density at radius 3 is 3.00 bits per heavy atom. The molecule has 0 fully saturated rings. The molecular formula is C9H9BrN4OS. The minimum Gasteiger partial charge on any atom is -0.396 e. The Balaban J connectivity index is 2.13. The van der Waals surface area contributed by atoms with Crippen LogP contribution in [-0.4, -0.2) is 9.97 Å². The van der Waals surface area contributed by atoms with Gasteiger partial charge in [-0.25, -0.2) is 0 Å². The molecule has 7 heteroatoms. The highest BCUT2D eigenvalue weighted by Gasteiger charge is 2.04. The second-order valence-corrected chi connectivity index (χ2v) is 4.81. The molecule has 4 N–H and O–H groups in total. The van der Waals surface area contributed by atoms with Crippen molar-refractivity contribution < 1.29 is 0 Å². The number of rotatable bonds is 3. The van der Waals surface area contributed by atoms with Crippen molar-refractivity contribution in [3.63, 3.8) is 0 Å². The summed E-state index contributed by atoms with van der Waals surface area (Å²) in [6, 6.07) is 0. The van der Waals surface area contributed by atoms with E-state index in [0.717, 1.165) is 27.2 Å². The lowest BCUT2D eigenvalue weighted by Gasteiger charge is -2.09. The van der Waals surface area contributed by atoms with Crippen molar-refractivity contribution in [3.05, 3.63) is 37.6 Å². The van der Waals surface area contributed by atoms with Crippen molar-refractivity contribution in [2.45, 2.75) is 6.54 Å². The molecule has 0 aliphatic heterocycles. The average Bonchev–Trinajstić information content (AvgIpc) is 2.63. The van der Waals surface area contributed by atoms with E-state index < -0.39 is 0 Å². The summed E-state index contributed by atoms with van der Waals surface area (Å²) < 4.78 is 0.796. The first-order chi connectivity index (χ1) is 7.66. The average molecular weight is 301 g/mol. The van der Waals surface area contributed by atoms with Crippen LogP contribution in [0.1, 0.15) is 5.69 Å². The number of halogens is 1. The number of anilines is 2. The number of pyridine rings is 1. The van der Waals surface area contributed by atoms with E-state index in [9.17, 15) is 4.79 Å². The van der Waals surface area contributed by atoms with Gasteiger partial charge in [0.25, 0.3) is 0 Å². The summed E-state index contributed by atoms with van der Waals surface area (Å²) in [4.78, 5) is 17.5. The Morgan fingerprint density at radius 1 is 1.56 bits per heavy atom. The van der Waals surface area contributed by atoms with Crippen LogP contribution in [-0.2, 0) is 6.54 Å². The molecule has 0 atom stereocenters. The maximum atomic E-state index is 10.9. The Labute approximate surface area is 104 Å². The van der Waals surface area contributed by atoms with Gasteiger partial charge in [0.1, 0.15) is 0 Å². The lowest BCUT2D eigenvalue weighted by Crippen LogP contribution is -2.05. The SMILES string of the molecule is Nc1cncc(Br)c1NCc1csc(=O)[nH]1. The first-order valence-corrected chi connectivity index (χ1v) is 6.13. The Morgan fingerprint density at radius 2 is 2.38 bits per heavy atom. The summed E-state index contributed by atoms with van der Waals surface area (Å²) in [5.41, 5.74) is 7.94. The van der Waals surface area contributed by atoms with E-state index in [1.165, 1.54) is 0 Å². The smallest absolute Gasteiger partial charge is 0.304 e. The van der Waals surface area contributed by atoms with Gasteiger partial charge in [0.05, 0.1) is 28.6 Å². The number of hydrogen-bond donors (Lipinski definition) is 3. The molecule has 16 heavy (non-hydrogen) atoms. The molecule has 2 heterocycles. The molecule has 0 aliphatic carbocycles. The zero-order chi connectivity index (χ0) is 11.5. The molecule has 0 spiro atoms. The van der Waals surface area contributed by atoms with Crippen LogP contribution in [0.25, 0.3) is 0 Å². The Kier molecular flexibility index (Phi) is 3.25. The summed E-state index contributed by atoms with van der Waals surface area (Å²) in [6.07, 6.45) is 3.23. The molecule has 5 nitrogen and oxygen atoms in total. The predicted molar refractivity (Wildman–Crippen MR) is 68.6 cm³/mol. The molecule has 0 amide bonds. The van der Waals surface area contributed by atoms with Gasteiger partial charge in [0.15, 0.2) is 0 Å². The number of nitrogens with one attached hydrogen (secondary N) is 2. The minimum atomic E-state index is -0.0569. The Hall–Kier alpha value is -1.34. The summed E-state index contributed by atoms with van der Waals surface area (Å²) in [7, 11) is 0. The summed E-state index contributed by atoms with van der Waals surface area (Å²) >= 11 is 4.49. The Bertz CT molecular complexity index is 530. The molecule has 0 aromatic carbocycles. The third-order valence-corrected chi connectivity index (χ3v) is 3.28. The first-order valence-electron chi connectivity index (χ1n) is 4.46. The van der Waals surface area contributed by atoms with Gasteiger partial charge in [-0.1, -0.05) is 11.3 Å². The van der Waals surface area contributed by atoms with Gasteiger partial charge in [-0.3, -0.25) is 9.78 Å². The fourth-order valence-electron chi connectivity index (χ4n) is 1.22. The lowest BCUT2D eigenvalue weighted by atomic mass is 10.3. The highest BCUT2D eigenvalue weighted by Crippen LogP contribution is 2.27. The number of H-pyrrole nitrogens is 1. The first kappa shape index (κ1) is 11.2.